The Bertz CT molecular complexity index is 383. The molecule has 0 fully saturated rings. The van der Waals surface area contributed by atoms with Gasteiger partial charge in [0.1, 0.15) is 5.60 Å². The third-order valence-electron chi connectivity index (χ3n) is 2.30. The molecule has 23 heavy (non-hydrogen) atoms. The van der Waals surface area contributed by atoms with Gasteiger partial charge < -0.3 is 26.0 Å². The van der Waals surface area contributed by atoms with Gasteiger partial charge in [-0.3, -0.25) is 9.79 Å². The average Bonchev–Trinajstić information content (AvgIpc) is 2.42. The van der Waals surface area contributed by atoms with Crippen LogP contribution < -0.4 is 21.3 Å². The summed E-state index contributed by atoms with van der Waals surface area (Å²) in [6, 6.07) is 0. The van der Waals surface area contributed by atoms with E-state index in [4.69, 9.17) is 4.74 Å². The van der Waals surface area contributed by atoms with Gasteiger partial charge in [0.25, 0.3) is 0 Å². The van der Waals surface area contributed by atoms with E-state index >= 15 is 0 Å². The molecule has 136 valence electrons. The average molecular weight is 443 g/mol. The van der Waals surface area contributed by atoms with Gasteiger partial charge in [-0.05, 0) is 27.2 Å². The molecule has 9 heteroatoms. The van der Waals surface area contributed by atoms with Crippen molar-refractivity contribution in [1.29, 1.82) is 0 Å². The fourth-order valence-electron chi connectivity index (χ4n) is 1.37. The molecular formula is C14H30IN5O3. The summed E-state index contributed by atoms with van der Waals surface area (Å²) in [5.74, 6) is 0.411. The molecule has 0 aromatic rings. The standard InChI is InChI=1S/C14H29N5O3.HI/c1-6-7-16-11(20)10-19-12(15-5)17-8-9-18-13(21)22-14(2,3)4;/h6-10H2,1-5H3,(H,16,20)(H,18,21)(H2,15,17,19);1H. The lowest BCUT2D eigenvalue weighted by atomic mass is 10.2. The third kappa shape index (κ3) is 15.4. The van der Waals surface area contributed by atoms with E-state index in [9.17, 15) is 9.59 Å². The highest BCUT2D eigenvalue weighted by Crippen LogP contribution is 2.05. The van der Waals surface area contributed by atoms with Crippen molar-refractivity contribution in [2.24, 2.45) is 4.99 Å². The Morgan fingerprint density at radius 1 is 1.00 bits per heavy atom. The van der Waals surface area contributed by atoms with Gasteiger partial charge in [0.05, 0.1) is 6.54 Å². The van der Waals surface area contributed by atoms with Crippen LogP contribution >= 0.6 is 24.0 Å². The summed E-state index contributed by atoms with van der Waals surface area (Å²) in [4.78, 5) is 26.9. The van der Waals surface area contributed by atoms with Gasteiger partial charge in [0.15, 0.2) is 5.96 Å². The summed E-state index contributed by atoms with van der Waals surface area (Å²) in [5, 5.41) is 11.3. The Morgan fingerprint density at radius 2 is 1.61 bits per heavy atom. The van der Waals surface area contributed by atoms with Crippen molar-refractivity contribution in [3.8, 4) is 0 Å². The largest absolute Gasteiger partial charge is 0.444 e. The molecule has 2 amide bonds. The Hall–Kier alpha value is -1.26. The normalized spacial score (nSPS) is 11.1. The van der Waals surface area contributed by atoms with Crippen LogP contribution in [0, 0.1) is 0 Å². The Balaban J connectivity index is 0. The first-order chi connectivity index (χ1) is 10.3. The van der Waals surface area contributed by atoms with Gasteiger partial charge in [-0.2, -0.15) is 0 Å². The molecule has 4 N–H and O–H groups in total. The molecule has 0 atom stereocenters. The maximum Gasteiger partial charge on any atom is 0.407 e. The third-order valence-corrected chi connectivity index (χ3v) is 2.30. The van der Waals surface area contributed by atoms with Crippen LogP contribution in [-0.4, -0.2) is 56.8 Å². The maximum atomic E-state index is 11.4. The first kappa shape index (κ1) is 24.0. The quantitative estimate of drug-likeness (QED) is 0.202. The number of nitrogens with one attached hydrogen (secondary N) is 4. The zero-order valence-corrected chi connectivity index (χ0v) is 16.9. The van der Waals surface area contributed by atoms with E-state index < -0.39 is 11.7 Å². The summed E-state index contributed by atoms with van der Waals surface area (Å²) in [6.07, 6.45) is 0.436. The monoisotopic (exact) mass is 443 g/mol. The second-order valence-electron chi connectivity index (χ2n) is 5.63. The van der Waals surface area contributed by atoms with Crippen molar-refractivity contribution in [3.63, 3.8) is 0 Å². The molecule has 0 aliphatic carbocycles. The van der Waals surface area contributed by atoms with Gasteiger partial charge in [0, 0.05) is 26.7 Å². The van der Waals surface area contributed by atoms with Crippen LogP contribution in [0.4, 0.5) is 4.79 Å². The van der Waals surface area contributed by atoms with Crippen molar-refractivity contribution < 1.29 is 14.3 Å². The molecule has 0 radical (unpaired) electrons. The van der Waals surface area contributed by atoms with Gasteiger partial charge >= 0.3 is 6.09 Å². The molecule has 0 aromatic carbocycles. The second-order valence-corrected chi connectivity index (χ2v) is 5.63. The number of alkyl carbamates (subject to hydrolysis) is 1. The van der Waals surface area contributed by atoms with Crippen molar-refractivity contribution in [3.05, 3.63) is 0 Å². The zero-order valence-electron chi connectivity index (χ0n) is 14.6. The first-order valence-corrected chi connectivity index (χ1v) is 7.46. The van der Waals surface area contributed by atoms with Crippen LogP contribution in [0.2, 0.25) is 0 Å². The highest BCUT2D eigenvalue weighted by Gasteiger charge is 2.15. The van der Waals surface area contributed by atoms with Crippen LogP contribution in [0.15, 0.2) is 4.99 Å². The highest BCUT2D eigenvalue weighted by atomic mass is 127. The minimum absolute atomic E-state index is 0. The Labute approximate surface area is 155 Å². The van der Waals surface area contributed by atoms with E-state index in [1.165, 1.54) is 0 Å². The molecule has 0 saturated carbocycles. The molecular weight excluding hydrogens is 413 g/mol. The number of halogens is 1. The summed E-state index contributed by atoms with van der Waals surface area (Å²) < 4.78 is 5.11. The molecule has 0 aliphatic rings. The van der Waals surface area contributed by atoms with Crippen molar-refractivity contribution in [1.82, 2.24) is 21.3 Å². The van der Waals surface area contributed by atoms with E-state index in [-0.39, 0.29) is 36.4 Å². The van der Waals surface area contributed by atoms with Crippen molar-refractivity contribution in [2.45, 2.75) is 39.7 Å². The zero-order chi connectivity index (χ0) is 17.0. The minimum atomic E-state index is -0.513. The van der Waals surface area contributed by atoms with Gasteiger partial charge in [-0.15, -0.1) is 24.0 Å². The van der Waals surface area contributed by atoms with E-state index in [2.05, 4.69) is 26.3 Å². The molecule has 0 rings (SSSR count). The van der Waals surface area contributed by atoms with Crippen LogP contribution in [-0.2, 0) is 9.53 Å². The smallest absolute Gasteiger partial charge is 0.407 e. The van der Waals surface area contributed by atoms with Crippen LogP contribution in [0.1, 0.15) is 34.1 Å². The van der Waals surface area contributed by atoms with Crippen molar-refractivity contribution >= 4 is 41.9 Å². The predicted octanol–water partition coefficient (Wildman–Crippen LogP) is 0.820. The number of ether oxygens (including phenoxy) is 1. The number of carbonyl (C=O) groups excluding carboxylic acids is 2. The molecule has 0 aromatic heterocycles. The lowest BCUT2D eigenvalue weighted by molar-refractivity contribution is -0.120. The van der Waals surface area contributed by atoms with Gasteiger partial charge in [0.2, 0.25) is 5.91 Å². The number of amides is 2. The summed E-state index contributed by atoms with van der Waals surface area (Å²) in [6.45, 7) is 9.07. The first-order valence-electron chi connectivity index (χ1n) is 7.46. The fourth-order valence-corrected chi connectivity index (χ4v) is 1.37. The predicted molar refractivity (Wildman–Crippen MR) is 102 cm³/mol. The van der Waals surface area contributed by atoms with Gasteiger partial charge in [-0.25, -0.2) is 4.79 Å². The number of nitrogens with zero attached hydrogens (tertiary/aromatic N) is 1. The maximum absolute atomic E-state index is 11.4. The molecule has 0 spiro atoms. The Kier molecular flexibility index (Phi) is 13.8. The molecule has 0 unspecified atom stereocenters. The minimum Gasteiger partial charge on any atom is -0.444 e. The van der Waals surface area contributed by atoms with E-state index in [0.717, 1.165) is 6.42 Å². The SMILES string of the molecule is CCCNC(=O)CNC(=NC)NCCNC(=O)OC(C)(C)C.I. The van der Waals surface area contributed by atoms with E-state index in [1.807, 2.05) is 6.92 Å². The van der Waals surface area contributed by atoms with E-state index in [0.29, 0.717) is 25.6 Å². The van der Waals surface area contributed by atoms with Gasteiger partial charge in [-0.1, -0.05) is 6.92 Å². The number of rotatable bonds is 7. The summed E-state index contributed by atoms with van der Waals surface area (Å²) in [7, 11) is 1.61. The molecule has 0 bridgehead atoms. The van der Waals surface area contributed by atoms with E-state index in [1.54, 1.807) is 27.8 Å². The molecule has 0 heterocycles. The number of hydrogen-bond acceptors (Lipinski definition) is 4. The highest BCUT2D eigenvalue weighted by molar-refractivity contribution is 14.0. The number of guanidine groups is 1. The lowest BCUT2D eigenvalue weighted by Gasteiger charge is -2.19. The molecule has 8 nitrogen and oxygen atoms in total. The summed E-state index contributed by atoms with van der Waals surface area (Å²) in [5.41, 5.74) is -0.513. The number of aliphatic imine (C=N–C) groups is 1. The lowest BCUT2D eigenvalue weighted by Crippen LogP contribution is -2.45. The Morgan fingerprint density at radius 3 is 2.13 bits per heavy atom. The van der Waals surface area contributed by atoms with Crippen LogP contribution in [0.3, 0.4) is 0 Å². The molecule has 0 saturated heterocycles. The fraction of sp³-hybridized carbons (Fsp3) is 0.786. The summed E-state index contributed by atoms with van der Waals surface area (Å²) >= 11 is 0. The second kappa shape index (κ2) is 13.2. The van der Waals surface area contributed by atoms with Crippen LogP contribution in [0.5, 0.6) is 0 Å². The number of hydrogen-bond donors (Lipinski definition) is 4. The number of carbonyl (C=O) groups is 2. The van der Waals surface area contributed by atoms with Crippen LogP contribution in [0.25, 0.3) is 0 Å². The molecule has 0 aliphatic heterocycles. The topological polar surface area (TPSA) is 104 Å². The van der Waals surface area contributed by atoms with Crippen molar-refractivity contribution in [2.75, 3.05) is 33.2 Å².